The van der Waals surface area contributed by atoms with Crippen LogP contribution < -0.4 is 28.4 Å². The molecule has 1 amide bonds. The van der Waals surface area contributed by atoms with Gasteiger partial charge in [-0.25, -0.2) is 4.79 Å². The lowest BCUT2D eigenvalue weighted by Gasteiger charge is -2.46. The van der Waals surface area contributed by atoms with Gasteiger partial charge in [0.25, 0.3) is 0 Å². The third kappa shape index (κ3) is 8.39. The van der Waals surface area contributed by atoms with Crippen molar-refractivity contribution in [2.24, 2.45) is 5.92 Å². The van der Waals surface area contributed by atoms with Crippen LogP contribution in [0.3, 0.4) is 0 Å². The second kappa shape index (κ2) is 19.0. The van der Waals surface area contributed by atoms with Crippen molar-refractivity contribution in [2.75, 3.05) is 81.5 Å². The Morgan fingerprint density at radius 2 is 1.56 bits per heavy atom. The van der Waals surface area contributed by atoms with Gasteiger partial charge >= 0.3 is 5.97 Å². The zero-order chi connectivity index (χ0) is 40.5. The lowest BCUT2D eigenvalue weighted by Crippen LogP contribution is -2.60. The number of benzene rings is 3. The molecule has 5 atom stereocenters. The number of ether oxygens (including phenoxy) is 7. The first-order valence-corrected chi connectivity index (χ1v) is 20.0. The second-order valence-electron chi connectivity index (χ2n) is 14.9. The highest BCUT2D eigenvalue weighted by Gasteiger charge is 2.62. The fraction of sp³-hybridized carbons (Fsp3) is 0.511. The minimum absolute atomic E-state index is 0.191. The first-order chi connectivity index (χ1) is 27.7. The third-order valence-electron chi connectivity index (χ3n) is 12.0. The average molecular weight is 787 g/mol. The summed E-state index contributed by atoms with van der Waals surface area (Å²) in [6, 6.07) is 16.9. The third-order valence-corrected chi connectivity index (χ3v) is 12.0. The van der Waals surface area contributed by atoms with Gasteiger partial charge in [-0.2, -0.15) is 0 Å². The van der Waals surface area contributed by atoms with E-state index in [1.807, 2.05) is 55.5 Å². The van der Waals surface area contributed by atoms with Crippen LogP contribution in [0.1, 0.15) is 73.5 Å². The molecule has 6 rings (SSSR count). The van der Waals surface area contributed by atoms with Gasteiger partial charge in [-0.05, 0) is 91.1 Å². The summed E-state index contributed by atoms with van der Waals surface area (Å²) in [4.78, 5) is 34.3. The van der Waals surface area contributed by atoms with Crippen LogP contribution in [0.15, 0.2) is 66.7 Å². The molecule has 3 aromatic carbocycles. The second-order valence-corrected chi connectivity index (χ2v) is 14.9. The molecule has 2 saturated heterocycles. The monoisotopic (exact) mass is 786 g/mol. The number of hydrogen-bond acceptors (Lipinski definition) is 10. The quantitative estimate of drug-likeness (QED) is 0.144. The number of morpholine rings is 1. The summed E-state index contributed by atoms with van der Waals surface area (Å²) in [6.07, 6.45) is 7.67. The molecule has 1 N–H and O–H groups in total. The summed E-state index contributed by atoms with van der Waals surface area (Å²) >= 11 is 0. The fourth-order valence-electron chi connectivity index (χ4n) is 9.36. The van der Waals surface area contributed by atoms with E-state index in [-0.39, 0.29) is 18.4 Å². The number of carbonyl (C=O) groups is 2. The van der Waals surface area contributed by atoms with E-state index in [0.29, 0.717) is 72.7 Å². The molecular weight excluding hydrogens is 728 g/mol. The van der Waals surface area contributed by atoms with Crippen molar-refractivity contribution in [2.45, 2.75) is 62.3 Å². The molecule has 12 heteroatoms. The van der Waals surface area contributed by atoms with Gasteiger partial charge in [0.1, 0.15) is 12.4 Å². The van der Waals surface area contributed by atoms with Crippen molar-refractivity contribution < 1.29 is 47.9 Å². The van der Waals surface area contributed by atoms with Crippen LogP contribution in [0.25, 0.3) is 0 Å². The molecule has 2 heterocycles. The van der Waals surface area contributed by atoms with E-state index in [2.05, 4.69) is 17.1 Å². The van der Waals surface area contributed by atoms with Gasteiger partial charge in [-0.3, -0.25) is 9.69 Å². The summed E-state index contributed by atoms with van der Waals surface area (Å²) in [5.74, 6) is -0.520. The predicted molar refractivity (Wildman–Crippen MR) is 217 cm³/mol. The summed E-state index contributed by atoms with van der Waals surface area (Å²) in [6.45, 7) is 6.59. The molecule has 2 aliphatic heterocycles. The largest absolute Gasteiger partial charge is 0.493 e. The molecular formula is C45H58N2O10. The zero-order valence-corrected chi connectivity index (χ0v) is 34.2. The first kappa shape index (κ1) is 41.7. The van der Waals surface area contributed by atoms with Gasteiger partial charge in [-0.1, -0.05) is 37.3 Å². The van der Waals surface area contributed by atoms with Crippen LogP contribution in [0, 0.1) is 5.92 Å². The van der Waals surface area contributed by atoms with Crippen LogP contribution in [-0.2, 0) is 14.3 Å². The van der Waals surface area contributed by atoms with E-state index in [1.54, 1.807) is 46.5 Å². The standard InChI is InChI=1S/C45H58N2O10/c1-7-35(31-14-11-15-34(26-31)57-25-22-46-20-23-56-24-21-46)45(44(49)50)36(32-16-17-37(51-2)38(27-32)52-3)18-19-47(45)43(48)41(30-12-9-8-10-13-30)33-28-39(53-4)42(55-6)40(29-33)54-5/h9,11-12,14-17,26-30,35-36,41H,7-8,10,13,18-25H2,1-6H3,(H,49,50)/t30-,35?,36+,41-,45-/m0/s1. The molecule has 308 valence electrons. The lowest BCUT2D eigenvalue weighted by atomic mass is 9.67. The summed E-state index contributed by atoms with van der Waals surface area (Å²) in [5, 5.41) is 11.9. The first-order valence-electron chi connectivity index (χ1n) is 20.0. The highest BCUT2D eigenvalue weighted by Crippen LogP contribution is 2.55. The Hall–Kier alpha value is -4.94. The van der Waals surface area contributed by atoms with Crippen LogP contribution in [-0.4, -0.2) is 114 Å². The van der Waals surface area contributed by atoms with E-state index < -0.39 is 29.3 Å². The van der Waals surface area contributed by atoms with Crippen LogP contribution in [0.5, 0.6) is 34.5 Å². The number of methoxy groups -OCH3 is 5. The Bertz CT molecular complexity index is 1850. The van der Waals surface area contributed by atoms with Crippen molar-refractivity contribution in [3.8, 4) is 34.5 Å². The van der Waals surface area contributed by atoms with Crippen molar-refractivity contribution in [3.05, 3.63) is 83.4 Å². The molecule has 0 spiro atoms. The summed E-state index contributed by atoms with van der Waals surface area (Å²) < 4.78 is 40.3. The van der Waals surface area contributed by atoms with Crippen molar-refractivity contribution >= 4 is 11.9 Å². The molecule has 2 fully saturated rings. The van der Waals surface area contributed by atoms with E-state index in [4.69, 9.17) is 33.2 Å². The molecule has 1 unspecified atom stereocenters. The fourth-order valence-corrected chi connectivity index (χ4v) is 9.36. The number of carbonyl (C=O) groups excluding carboxylic acids is 1. The molecule has 0 aromatic heterocycles. The van der Waals surface area contributed by atoms with Crippen LogP contribution in [0.2, 0.25) is 0 Å². The van der Waals surface area contributed by atoms with Crippen LogP contribution >= 0.6 is 0 Å². The number of aliphatic carboxylic acids is 1. The Labute approximate surface area is 336 Å². The van der Waals surface area contributed by atoms with Crippen LogP contribution in [0.4, 0.5) is 0 Å². The van der Waals surface area contributed by atoms with E-state index >= 15 is 4.79 Å². The van der Waals surface area contributed by atoms with Gasteiger partial charge in [-0.15, -0.1) is 0 Å². The highest BCUT2D eigenvalue weighted by atomic mass is 16.5. The smallest absolute Gasteiger partial charge is 0.330 e. The molecule has 0 radical (unpaired) electrons. The molecule has 3 aliphatic rings. The molecule has 3 aromatic rings. The number of nitrogens with zero attached hydrogens (tertiary/aromatic N) is 2. The number of carboxylic acids is 1. The maximum Gasteiger partial charge on any atom is 0.330 e. The Morgan fingerprint density at radius 3 is 2.18 bits per heavy atom. The Kier molecular flexibility index (Phi) is 13.9. The Balaban J connectivity index is 1.49. The summed E-state index contributed by atoms with van der Waals surface area (Å²) in [5.41, 5.74) is 0.512. The van der Waals surface area contributed by atoms with Crippen molar-refractivity contribution in [1.82, 2.24) is 9.80 Å². The maximum absolute atomic E-state index is 15.8. The normalized spacial score (nSPS) is 22.0. The van der Waals surface area contributed by atoms with Gasteiger partial charge in [0, 0.05) is 38.0 Å². The van der Waals surface area contributed by atoms with Gasteiger partial charge < -0.3 is 43.2 Å². The topological polar surface area (TPSA) is 125 Å². The molecule has 0 bridgehead atoms. The molecule has 1 aliphatic carbocycles. The average Bonchev–Trinajstić information content (AvgIpc) is 3.65. The lowest BCUT2D eigenvalue weighted by molar-refractivity contribution is -0.160. The number of carboxylic acid groups (broad SMARTS) is 1. The minimum atomic E-state index is -1.70. The van der Waals surface area contributed by atoms with E-state index in [9.17, 15) is 9.90 Å². The highest BCUT2D eigenvalue weighted by molar-refractivity contribution is 5.94. The molecule has 0 saturated carbocycles. The van der Waals surface area contributed by atoms with Gasteiger partial charge in [0.05, 0.1) is 54.7 Å². The van der Waals surface area contributed by atoms with E-state index in [1.165, 1.54) is 0 Å². The minimum Gasteiger partial charge on any atom is -0.493 e. The summed E-state index contributed by atoms with van der Waals surface area (Å²) in [7, 11) is 7.78. The number of amides is 1. The van der Waals surface area contributed by atoms with E-state index in [0.717, 1.165) is 50.0 Å². The van der Waals surface area contributed by atoms with Gasteiger partial charge in [0.15, 0.2) is 28.5 Å². The SMILES string of the molecule is CCC(c1cccc(OCCN2CCOCC2)c1)[C@@]1(C(=O)O)[C@@H](c2ccc(OC)c(OC)c2)CCN1C(=O)[C@H](c1cc(OC)c(OC)c(OC)c1)[C@H]1C=CCCC1. The molecule has 12 nitrogen and oxygen atoms in total. The number of hydrogen-bond donors (Lipinski definition) is 1. The number of likely N-dealkylation sites (tertiary alicyclic amines) is 1. The van der Waals surface area contributed by atoms with Gasteiger partial charge in [0.2, 0.25) is 11.7 Å². The number of allylic oxidation sites excluding steroid dienone is 2. The zero-order valence-electron chi connectivity index (χ0n) is 34.2. The maximum atomic E-state index is 15.8. The molecule has 57 heavy (non-hydrogen) atoms. The van der Waals surface area contributed by atoms with Crippen molar-refractivity contribution in [3.63, 3.8) is 0 Å². The van der Waals surface area contributed by atoms with Crippen molar-refractivity contribution in [1.29, 1.82) is 0 Å². The predicted octanol–water partition coefficient (Wildman–Crippen LogP) is 6.91. The number of rotatable bonds is 17. The Morgan fingerprint density at radius 1 is 0.842 bits per heavy atom.